The molecule has 8 heteroatoms. The molecule has 0 aliphatic heterocycles. The fourth-order valence-corrected chi connectivity index (χ4v) is 2.28. The van der Waals surface area contributed by atoms with Crippen LogP contribution in [0.25, 0.3) is 0 Å². The molecular weight excluding hydrogens is 274 g/mol. The van der Waals surface area contributed by atoms with E-state index in [1.165, 1.54) is 11.3 Å². The maximum absolute atomic E-state index is 12.7. The van der Waals surface area contributed by atoms with Crippen LogP contribution < -0.4 is 10.6 Å². The van der Waals surface area contributed by atoms with Gasteiger partial charge >= 0.3 is 6.03 Å². The molecule has 2 rings (SSSR count). The molecule has 19 heavy (non-hydrogen) atoms. The second kappa shape index (κ2) is 5.35. The number of hydrogen-bond donors (Lipinski definition) is 3. The number of nitrogens with one attached hydrogen (secondary N) is 3. The average molecular weight is 286 g/mol. The van der Waals surface area contributed by atoms with Gasteiger partial charge in [-0.2, -0.15) is 5.10 Å². The summed E-state index contributed by atoms with van der Waals surface area (Å²) in [6, 6.07) is 3.03. The second-order valence-electron chi connectivity index (χ2n) is 3.90. The van der Waals surface area contributed by atoms with Gasteiger partial charge < -0.3 is 5.32 Å². The van der Waals surface area contributed by atoms with E-state index < -0.39 is 18.2 Å². The van der Waals surface area contributed by atoms with E-state index in [2.05, 4.69) is 20.8 Å². The van der Waals surface area contributed by atoms with Crippen LogP contribution in [0.4, 0.5) is 24.3 Å². The number of aromatic nitrogens is 2. The normalized spacial score (nSPS) is 10.8. The molecule has 5 nitrogen and oxygen atoms in total. The SMILES string of the molecule is Cc1ccc(NC(=O)Nc2c(C(F)F)n[nH]c2C)s1. The topological polar surface area (TPSA) is 69.8 Å². The number of nitrogens with zero attached hydrogens (tertiary/aromatic N) is 1. The smallest absolute Gasteiger partial charge is 0.304 e. The molecule has 0 atom stereocenters. The first-order valence-electron chi connectivity index (χ1n) is 5.45. The highest BCUT2D eigenvalue weighted by molar-refractivity contribution is 7.16. The molecule has 0 aliphatic carbocycles. The maximum atomic E-state index is 12.7. The predicted octanol–water partition coefficient (Wildman–Crippen LogP) is 3.67. The van der Waals surface area contributed by atoms with Gasteiger partial charge in [0, 0.05) is 4.88 Å². The molecule has 0 fully saturated rings. The van der Waals surface area contributed by atoms with Crippen molar-refractivity contribution in [1.82, 2.24) is 10.2 Å². The number of alkyl halides is 2. The number of halogens is 2. The van der Waals surface area contributed by atoms with Crippen LogP contribution in [0.5, 0.6) is 0 Å². The first-order chi connectivity index (χ1) is 8.97. The van der Waals surface area contributed by atoms with E-state index in [9.17, 15) is 13.6 Å². The third-order valence-electron chi connectivity index (χ3n) is 2.40. The van der Waals surface area contributed by atoms with Crippen molar-refractivity contribution < 1.29 is 13.6 Å². The Morgan fingerprint density at radius 1 is 1.37 bits per heavy atom. The van der Waals surface area contributed by atoms with Gasteiger partial charge in [0.05, 0.1) is 16.4 Å². The minimum Gasteiger partial charge on any atom is -0.304 e. The van der Waals surface area contributed by atoms with Crippen molar-refractivity contribution in [2.24, 2.45) is 0 Å². The monoisotopic (exact) mass is 286 g/mol. The number of amides is 2. The second-order valence-corrected chi connectivity index (χ2v) is 5.19. The van der Waals surface area contributed by atoms with Gasteiger partial charge in [-0.05, 0) is 26.0 Å². The van der Waals surface area contributed by atoms with Gasteiger partial charge in [-0.15, -0.1) is 11.3 Å². The number of urea groups is 1. The summed E-state index contributed by atoms with van der Waals surface area (Å²) >= 11 is 1.40. The van der Waals surface area contributed by atoms with Crippen molar-refractivity contribution in [2.45, 2.75) is 20.3 Å². The molecule has 0 aromatic carbocycles. The molecule has 0 saturated heterocycles. The van der Waals surface area contributed by atoms with Crippen LogP contribution in [0.2, 0.25) is 0 Å². The van der Waals surface area contributed by atoms with E-state index in [-0.39, 0.29) is 5.69 Å². The zero-order valence-electron chi connectivity index (χ0n) is 10.3. The number of carbonyl (C=O) groups excluding carboxylic acids is 1. The molecule has 2 amide bonds. The Kier molecular flexibility index (Phi) is 3.79. The summed E-state index contributed by atoms with van der Waals surface area (Å²) in [5.74, 6) is 0. The lowest BCUT2D eigenvalue weighted by Crippen LogP contribution is -2.19. The van der Waals surface area contributed by atoms with Crippen molar-refractivity contribution in [3.8, 4) is 0 Å². The Hall–Kier alpha value is -1.96. The van der Waals surface area contributed by atoms with E-state index >= 15 is 0 Å². The van der Waals surface area contributed by atoms with Crippen molar-refractivity contribution in [3.05, 3.63) is 28.4 Å². The number of rotatable bonds is 3. The summed E-state index contributed by atoms with van der Waals surface area (Å²) in [7, 11) is 0. The molecular formula is C11H12F2N4OS. The standard InChI is InChI=1S/C11H12F2N4OS/c1-5-3-4-7(19-5)14-11(18)15-8-6(2)16-17-9(8)10(12)13/h3-4,10H,1-2H3,(H,16,17)(H2,14,15,18). The van der Waals surface area contributed by atoms with Crippen molar-refractivity contribution >= 4 is 28.1 Å². The Morgan fingerprint density at radius 3 is 2.68 bits per heavy atom. The summed E-state index contributed by atoms with van der Waals surface area (Å²) in [4.78, 5) is 12.8. The number of anilines is 2. The predicted molar refractivity (Wildman–Crippen MR) is 70.0 cm³/mol. The lowest BCUT2D eigenvalue weighted by molar-refractivity contribution is 0.147. The highest BCUT2D eigenvalue weighted by Crippen LogP contribution is 2.27. The average Bonchev–Trinajstić information content (AvgIpc) is 2.87. The molecule has 0 bridgehead atoms. The minimum absolute atomic E-state index is 0.0146. The molecule has 0 radical (unpaired) electrons. The van der Waals surface area contributed by atoms with Crippen LogP contribution in [-0.4, -0.2) is 16.2 Å². The fraction of sp³-hybridized carbons (Fsp3) is 0.273. The molecule has 2 heterocycles. The van der Waals surface area contributed by atoms with Gasteiger partial charge in [-0.3, -0.25) is 10.4 Å². The first kappa shape index (κ1) is 13.5. The van der Waals surface area contributed by atoms with Crippen LogP contribution in [0.15, 0.2) is 12.1 Å². The van der Waals surface area contributed by atoms with E-state index in [1.54, 1.807) is 13.0 Å². The third kappa shape index (κ3) is 3.08. The quantitative estimate of drug-likeness (QED) is 0.805. The number of thiophene rings is 1. The Labute approximate surface area is 112 Å². The van der Waals surface area contributed by atoms with Gasteiger partial charge in [-0.1, -0.05) is 0 Å². The molecule has 0 aliphatic rings. The van der Waals surface area contributed by atoms with Gasteiger partial charge in [0.25, 0.3) is 6.43 Å². The largest absolute Gasteiger partial charge is 0.324 e. The molecule has 2 aromatic heterocycles. The van der Waals surface area contributed by atoms with E-state index in [4.69, 9.17) is 0 Å². The van der Waals surface area contributed by atoms with Crippen LogP contribution >= 0.6 is 11.3 Å². The number of aryl methyl sites for hydroxylation is 2. The molecule has 2 aromatic rings. The third-order valence-corrected chi connectivity index (χ3v) is 3.31. The molecule has 3 N–H and O–H groups in total. The zero-order valence-corrected chi connectivity index (χ0v) is 11.1. The number of H-pyrrole nitrogens is 1. The number of aromatic amines is 1. The number of carbonyl (C=O) groups is 1. The minimum atomic E-state index is -2.75. The van der Waals surface area contributed by atoms with Gasteiger partial charge in [0.2, 0.25) is 0 Å². The molecule has 0 saturated carbocycles. The maximum Gasteiger partial charge on any atom is 0.324 e. The summed E-state index contributed by atoms with van der Waals surface area (Å²) in [5, 5.41) is 11.5. The highest BCUT2D eigenvalue weighted by Gasteiger charge is 2.20. The van der Waals surface area contributed by atoms with Crippen molar-refractivity contribution in [3.63, 3.8) is 0 Å². The molecule has 0 spiro atoms. The summed E-state index contributed by atoms with van der Waals surface area (Å²) in [6.07, 6.45) is -2.75. The Balaban J connectivity index is 2.08. The summed E-state index contributed by atoms with van der Waals surface area (Å²) < 4.78 is 25.3. The van der Waals surface area contributed by atoms with Gasteiger partial charge in [-0.25, -0.2) is 13.6 Å². The Morgan fingerprint density at radius 2 is 2.11 bits per heavy atom. The van der Waals surface area contributed by atoms with E-state index in [1.807, 2.05) is 13.0 Å². The van der Waals surface area contributed by atoms with E-state index in [0.29, 0.717) is 10.7 Å². The first-order valence-corrected chi connectivity index (χ1v) is 6.26. The van der Waals surface area contributed by atoms with Crippen LogP contribution in [0.3, 0.4) is 0 Å². The summed E-state index contributed by atoms with van der Waals surface area (Å²) in [5.41, 5.74) is -0.0661. The van der Waals surface area contributed by atoms with Crippen molar-refractivity contribution in [1.29, 1.82) is 0 Å². The van der Waals surface area contributed by atoms with Gasteiger partial charge in [0.1, 0.15) is 0 Å². The van der Waals surface area contributed by atoms with E-state index in [0.717, 1.165) is 4.88 Å². The highest BCUT2D eigenvalue weighted by atomic mass is 32.1. The van der Waals surface area contributed by atoms with Crippen molar-refractivity contribution in [2.75, 3.05) is 10.6 Å². The summed E-state index contributed by atoms with van der Waals surface area (Å²) in [6.45, 7) is 3.46. The number of hydrogen-bond acceptors (Lipinski definition) is 3. The molecule has 0 unspecified atom stereocenters. The molecule has 102 valence electrons. The fourth-order valence-electron chi connectivity index (χ4n) is 1.52. The lowest BCUT2D eigenvalue weighted by atomic mass is 10.3. The van der Waals surface area contributed by atoms with Crippen LogP contribution in [-0.2, 0) is 0 Å². The van der Waals surface area contributed by atoms with Crippen LogP contribution in [0.1, 0.15) is 22.7 Å². The lowest BCUT2D eigenvalue weighted by Gasteiger charge is -2.06. The zero-order chi connectivity index (χ0) is 14.0. The van der Waals surface area contributed by atoms with Crippen LogP contribution in [0, 0.1) is 13.8 Å². The Bertz CT molecular complexity index is 593. The van der Waals surface area contributed by atoms with Gasteiger partial charge in [0.15, 0.2) is 5.69 Å².